The van der Waals surface area contributed by atoms with Gasteiger partial charge in [0.05, 0.1) is 72.7 Å². The van der Waals surface area contributed by atoms with Crippen LogP contribution in [0.25, 0.3) is 0 Å². The first kappa shape index (κ1) is 115. The zero-order valence-electron chi connectivity index (χ0n) is 75.5. The lowest BCUT2D eigenvalue weighted by Crippen LogP contribution is -2.71. The summed E-state index contributed by atoms with van der Waals surface area (Å²) in [5.74, 6) is -5.73. The molecule has 6 amide bonds. The molecule has 140 heavy (non-hydrogen) atoms. The van der Waals surface area contributed by atoms with Crippen molar-refractivity contribution in [2.45, 2.75) is 379 Å². The molecule has 55 atom stereocenters. The monoisotopic (exact) mass is 2050 g/mol. The first-order valence-electron chi connectivity index (χ1n) is 44.6. The van der Waals surface area contributed by atoms with Crippen molar-refractivity contribution in [1.29, 1.82) is 0 Å². The van der Waals surface area contributed by atoms with E-state index in [9.17, 15) is 177 Å². The Labute approximate surface area is 792 Å². The van der Waals surface area contributed by atoms with Gasteiger partial charge in [0.15, 0.2) is 69.2 Å². The molecule has 62 nitrogen and oxygen atoms in total. The molecule has 11 aliphatic heterocycles. The molecule has 11 fully saturated rings. The van der Waals surface area contributed by atoms with E-state index in [1.165, 1.54) is 0 Å². The van der Waals surface area contributed by atoms with Gasteiger partial charge in [0.1, 0.15) is 268 Å². The summed E-state index contributed by atoms with van der Waals surface area (Å²) >= 11 is 0. The predicted octanol–water partition coefficient (Wildman–Crippen LogP) is -24.1. The van der Waals surface area contributed by atoms with E-state index in [-0.39, 0.29) is 0 Å². The second-order valence-corrected chi connectivity index (χ2v) is 35.3. The van der Waals surface area contributed by atoms with Gasteiger partial charge >= 0.3 is 0 Å². The molecule has 0 unspecified atom stereocenters. The minimum Gasteiger partial charge on any atom is -0.394 e. The summed E-state index contributed by atoms with van der Waals surface area (Å²) in [4.78, 5) is 77.6. The van der Waals surface area contributed by atoms with Gasteiger partial charge in [-0.3, -0.25) is 28.8 Å². The highest BCUT2D eigenvalue weighted by molar-refractivity contribution is 5.75. The number of ether oxygens (including phenoxy) is 21. The van der Waals surface area contributed by atoms with Crippen LogP contribution in [0.1, 0.15) is 41.5 Å². The fourth-order valence-electron chi connectivity index (χ4n) is 18.1. The lowest BCUT2D eigenvalue weighted by Gasteiger charge is -2.52. The highest BCUT2D eigenvalue weighted by atomic mass is 16.8. The van der Waals surface area contributed by atoms with E-state index in [1.54, 1.807) is 0 Å². The number of hydrogen-bond acceptors (Lipinski definition) is 56. The standard InChI is InChI=1S/C78H130N6O56/c1-18(94)79-35-49(108)60(28(11-89)122-68(35)119)133-71-38(82-21(4)97)51(110)63(31(14-92)127-71)137-76-59(118)65(138-78-67(140-70-37(81-20(3)96)48(107)42(101)25(8-86)124-70)58(117)64(32(15-93)130-78)134-72-39(83-22(5)98)50(109)61(29(12-90)128-72)135-74-56(115)53(112)43(102)26(9-87)125-74)46(105)34(131-76)17-121-77-66(55(114)45(104)33(132-77)16-120-69-36(80-19(2)95)47(106)41(100)24(7-85)123-69)139-73-40(84-23(6)99)52(111)62(30(13-91)129-73)136-75-57(116)54(113)44(103)27(10-88)126-75/h24-78,85-93,100-119H,7-17H2,1-6H3,(H,79,94)(H,80,95)(H,81,96)(H,82,97)(H,83,98)(H,84,99)/t24-,25-,26-,27-,28-,29-,30-,31-,32-,33-,34-,35-,36-,37+,38-,39-,40-,41-,42-,43+,44+,45-,46-,47-,48-,49-,50-,51-,52-,53+,54+,55+,56-,57-,58+,59+,60-,61-,62-,63-,64-,65+,66+,67+,68-,69-,70+,71+,72+,73+,74+,75+,76+,77+,78-/m1/s1. The number of aliphatic hydroxyl groups is 29. The molecule has 11 heterocycles. The molecule has 0 aromatic heterocycles. The fraction of sp³-hybridized carbons (Fsp3) is 0.923. The molecular weight excluding hydrogens is 1920 g/mol. The average molecular weight is 2050 g/mol. The smallest absolute Gasteiger partial charge is 0.217 e. The number of amides is 6. The Kier molecular flexibility index (Phi) is 41.7. The van der Waals surface area contributed by atoms with Gasteiger partial charge in [0, 0.05) is 41.5 Å². The van der Waals surface area contributed by atoms with Crippen LogP contribution in [0.3, 0.4) is 0 Å². The van der Waals surface area contributed by atoms with Gasteiger partial charge in [-0.15, -0.1) is 0 Å². The molecule has 808 valence electrons. The highest BCUT2D eigenvalue weighted by Crippen LogP contribution is 2.42. The van der Waals surface area contributed by atoms with Gasteiger partial charge in [-0.1, -0.05) is 0 Å². The normalized spacial score (nSPS) is 48.1. The van der Waals surface area contributed by atoms with Crippen LogP contribution in [0.15, 0.2) is 0 Å². The largest absolute Gasteiger partial charge is 0.394 e. The van der Waals surface area contributed by atoms with Gasteiger partial charge < -0.3 is 279 Å². The summed E-state index contributed by atoms with van der Waals surface area (Å²) in [5, 5.41) is 343. The summed E-state index contributed by atoms with van der Waals surface area (Å²) in [6.07, 6.45) is -107. The number of rotatable bonds is 37. The van der Waals surface area contributed by atoms with Crippen molar-refractivity contribution in [3.05, 3.63) is 0 Å². The number of carbonyl (C=O) groups excluding carboxylic acids is 6. The van der Waals surface area contributed by atoms with Crippen LogP contribution in [0, 0.1) is 0 Å². The van der Waals surface area contributed by atoms with Gasteiger partial charge in [0.25, 0.3) is 0 Å². The fourth-order valence-corrected chi connectivity index (χ4v) is 18.1. The van der Waals surface area contributed by atoms with Crippen molar-refractivity contribution in [3.63, 3.8) is 0 Å². The molecular formula is C78H130N6O56. The summed E-state index contributed by atoms with van der Waals surface area (Å²) in [5.41, 5.74) is 0. The maximum atomic E-state index is 13.3. The molecule has 11 aliphatic rings. The minimum absolute atomic E-state index is 0.835. The molecule has 62 heteroatoms. The maximum Gasteiger partial charge on any atom is 0.217 e. The summed E-state index contributed by atoms with van der Waals surface area (Å²) in [7, 11) is 0. The number of carbonyl (C=O) groups is 6. The Hall–Kier alpha value is -5.18. The van der Waals surface area contributed by atoms with E-state index < -0.39 is 446 Å². The minimum atomic E-state index is -2.76. The SMILES string of the molecule is CC(=O)N[C@@H]1[C@H](O[C@@H]2[C@@H](O[C@@H]3[C@H](O)[C@H](O[C@H]4[C@H](O)[C@@H](NC(C)=O)[C@H](O[C@H]5[C@H](O)[C@@H](NC(C)=O)[C@H](O)O[C@@H]5CO)O[C@@H]4CO)O[C@H](CO[C@H]4O[C@H](CO[C@@H]5O[C@H](CO)[C@@H](O)[C@H](O)[C@H]5NC(C)=O)[C@@H](O)[C@H](O)[C@@H]4O[C@@H]4O[C@H](CO)[C@@H](O[C@@H]5O[C@H](CO)[C@H](O)[C@H](O)[C@H]5O)[C@H](O)[C@H]4NC(C)=O)[C@H]3O)O[C@H](CO)[C@@H](O[C@@H]3O[C@H](CO)[C@@H](O[C@@H]4O[C@H](CO)[C@H](O)[C@H](O)[C@H]4O)[C@H](O)[C@H]3NC(C)=O)[C@@H]2O)O[C@H](CO)[C@@H](O)[C@@H]1O. The van der Waals surface area contributed by atoms with Crippen molar-refractivity contribution >= 4 is 35.4 Å². The lowest BCUT2D eigenvalue weighted by molar-refractivity contribution is -0.404. The van der Waals surface area contributed by atoms with E-state index in [0.717, 1.165) is 41.5 Å². The van der Waals surface area contributed by atoms with E-state index >= 15 is 0 Å². The van der Waals surface area contributed by atoms with E-state index in [0.29, 0.717) is 0 Å². The summed E-state index contributed by atoms with van der Waals surface area (Å²) in [6, 6.07) is -11.6. The molecule has 0 aliphatic carbocycles. The van der Waals surface area contributed by atoms with Crippen LogP contribution in [0.2, 0.25) is 0 Å². The Morgan fingerprint density at radius 3 is 0.764 bits per heavy atom. The maximum absolute atomic E-state index is 13.3. The van der Waals surface area contributed by atoms with Crippen molar-refractivity contribution in [2.75, 3.05) is 72.7 Å². The van der Waals surface area contributed by atoms with E-state index in [1.807, 2.05) is 0 Å². The van der Waals surface area contributed by atoms with Crippen LogP contribution in [-0.2, 0) is 128 Å². The van der Waals surface area contributed by atoms with Crippen LogP contribution in [0.4, 0.5) is 0 Å². The van der Waals surface area contributed by atoms with E-state index in [4.69, 9.17) is 99.5 Å². The molecule has 0 bridgehead atoms. The summed E-state index contributed by atoms with van der Waals surface area (Å²) < 4.78 is 127. The van der Waals surface area contributed by atoms with Gasteiger partial charge in [-0.25, -0.2) is 0 Å². The van der Waals surface area contributed by atoms with Crippen LogP contribution in [0.5, 0.6) is 0 Å². The lowest BCUT2D eigenvalue weighted by atomic mass is 9.93. The second kappa shape index (κ2) is 50.7. The van der Waals surface area contributed by atoms with Crippen LogP contribution in [-0.4, -0.2) is 594 Å². The van der Waals surface area contributed by atoms with Crippen molar-refractivity contribution in [3.8, 4) is 0 Å². The highest BCUT2D eigenvalue weighted by Gasteiger charge is 2.63. The molecule has 0 saturated carbocycles. The first-order valence-corrected chi connectivity index (χ1v) is 44.6. The van der Waals surface area contributed by atoms with Crippen molar-refractivity contribution in [2.24, 2.45) is 0 Å². The zero-order valence-corrected chi connectivity index (χ0v) is 75.5. The van der Waals surface area contributed by atoms with Gasteiger partial charge in [-0.2, -0.15) is 0 Å². The second-order valence-electron chi connectivity index (χ2n) is 35.3. The molecule has 11 rings (SSSR count). The average Bonchev–Trinajstić information content (AvgIpc) is 0.760. The third-order valence-electron chi connectivity index (χ3n) is 25.4. The number of hydrogen-bond donors (Lipinski definition) is 35. The summed E-state index contributed by atoms with van der Waals surface area (Å²) in [6.45, 7) is -7.25. The Bertz CT molecular complexity index is 3920. The van der Waals surface area contributed by atoms with Crippen molar-refractivity contribution < 1.29 is 276 Å². The molecule has 0 aromatic rings. The Morgan fingerprint density at radius 1 is 0.186 bits per heavy atom. The quantitative estimate of drug-likeness (QED) is 0.0275. The first-order chi connectivity index (χ1) is 66.2. The molecule has 11 saturated heterocycles. The third kappa shape index (κ3) is 25.8. The molecule has 35 N–H and O–H groups in total. The van der Waals surface area contributed by atoms with E-state index in [2.05, 4.69) is 31.9 Å². The van der Waals surface area contributed by atoms with Gasteiger partial charge in [-0.05, 0) is 0 Å². The number of aliphatic hydroxyl groups excluding tert-OH is 29. The van der Waals surface area contributed by atoms with Crippen LogP contribution < -0.4 is 31.9 Å². The molecule has 0 radical (unpaired) electrons. The zero-order chi connectivity index (χ0) is 103. The van der Waals surface area contributed by atoms with Crippen molar-refractivity contribution in [1.82, 2.24) is 31.9 Å². The number of nitrogens with one attached hydrogen (secondary N) is 6. The third-order valence-corrected chi connectivity index (χ3v) is 25.4. The van der Waals surface area contributed by atoms with Crippen LogP contribution >= 0.6 is 0 Å². The molecule has 0 spiro atoms. The predicted molar refractivity (Wildman–Crippen MR) is 432 cm³/mol. The Balaban J connectivity index is 0.997. The topological polar surface area (TPSA) is 955 Å². The van der Waals surface area contributed by atoms with Gasteiger partial charge in [0.2, 0.25) is 35.4 Å². The Morgan fingerprint density at radius 2 is 0.407 bits per heavy atom. The molecule has 0 aromatic carbocycles.